The Bertz CT molecular complexity index is 1420. The van der Waals surface area contributed by atoms with Crippen LogP contribution in [0.15, 0.2) is 59.2 Å². The van der Waals surface area contributed by atoms with Crippen LogP contribution in [0.1, 0.15) is 38.2 Å². The van der Waals surface area contributed by atoms with Crippen molar-refractivity contribution in [2.45, 2.75) is 38.7 Å². The third-order valence-corrected chi connectivity index (χ3v) is 8.91. The number of para-hydroxylation sites is 1. The molecule has 11 heteroatoms. The number of aliphatic hydroxyl groups is 2. The lowest BCUT2D eigenvalue weighted by Crippen LogP contribution is -2.40. The lowest BCUT2D eigenvalue weighted by molar-refractivity contribution is -0.137. The number of amides is 3. The zero-order chi connectivity index (χ0) is 31.3. The van der Waals surface area contributed by atoms with Crippen molar-refractivity contribution in [1.82, 2.24) is 4.90 Å². The zero-order valence-electron chi connectivity index (χ0n) is 24.3. The molecule has 3 amide bonds. The maximum Gasteiger partial charge on any atom is 0.423 e. The highest BCUT2D eigenvalue weighted by molar-refractivity contribution is 14.1. The molecule has 2 aromatic carbocycles. The van der Waals surface area contributed by atoms with Gasteiger partial charge in [0.05, 0.1) is 42.3 Å². The summed E-state index contributed by atoms with van der Waals surface area (Å²) >= 11 is 2.04. The molecule has 0 unspecified atom stereocenters. The number of aromatic hydroxyl groups is 1. The minimum absolute atomic E-state index is 0.0397. The first-order chi connectivity index (χ1) is 20.6. The van der Waals surface area contributed by atoms with Crippen molar-refractivity contribution in [3.8, 4) is 17.2 Å². The molecule has 230 valence electrons. The highest BCUT2D eigenvalue weighted by Gasteiger charge is 2.57. The third kappa shape index (κ3) is 6.89. The van der Waals surface area contributed by atoms with Crippen LogP contribution < -0.4 is 9.47 Å². The van der Waals surface area contributed by atoms with Gasteiger partial charge in [0.2, 0.25) is 11.8 Å². The number of methoxy groups -OCH3 is 2. The van der Waals surface area contributed by atoms with Crippen LogP contribution in [0.2, 0.25) is 0 Å². The number of likely N-dealkylation sites (tertiary alicyclic amines) is 1. The van der Waals surface area contributed by atoms with E-state index in [1.165, 1.54) is 7.11 Å². The van der Waals surface area contributed by atoms with E-state index < -0.39 is 48.4 Å². The second-order valence-electron chi connectivity index (χ2n) is 10.5. The largest absolute Gasteiger partial charge is 0.504 e. The molecule has 1 saturated heterocycles. The summed E-state index contributed by atoms with van der Waals surface area (Å²) in [6, 6.07) is 12.6. The van der Waals surface area contributed by atoms with Crippen LogP contribution in [-0.2, 0) is 14.3 Å². The van der Waals surface area contributed by atoms with Crippen LogP contribution in [-0.4, -0.2) is 71.7 Å². The molecule has 0 saturated carbocycles. The quantitative estimate of drug-likeness (QED) is 0.172. The van der Waals surface area contributed by atoms with Crippen LogP contribution in [0.25, 0.3) is 6.08 Å². The number of hydrogen-bond donors (Lipinski definition) is 3. The number of phenolic OH excluding ortho intramolecular Hbond substituents is 1. The van der Waals surface area contributed by atoms with Gasteiger partial charge in [0.25, 0.3) is 0 Å². The molecule has 3 N–H and O–H groups in total. The van der Waals surface area contributed by atoms with Gasteiger partial charge in [-0.3, -0.25) is 9.59 Å². The number of allylic oxidation sites excluding steroid dienone is 1. The summed E-state index contributed by atoms with van der Waals surface area (Å²) in [7, 11) is 2.58. The number of nitrogens with zero attached hydrogens (tertiary/aromatic N) is 1. The first kappa shape index (κ1) is 32.5. The molecule has 0 bridgehead atoms. The Labute approximate surface area is 264 Å². The Morgan fingerprint density at radius 1 is 1.16 bits per heavy atom. The van der Waals surface area contributed by atoms with Crippen molar-refractivity contribution in [1.29, 1.82) is 0 Å². The lowest BCUT2D eigenvalue weighted by Gasteiger charge is -2.36. The van der Waals surface area contributed by atoms with Gasteiger partial charge in [0.15, 0.2) is 11.5 Å². The normalized spacial score (nSPS) is 21.1. The molecule has 2 aliphatic rings. The maximum atomic E-state index is 13.3. The van der Waals surface area contributed by atoms with Gasteiger partial charge in [-0.05, 0) is 89.2 Å². The predicted molar refractivity (Wildman–Crippen MR) is 166 cm³/mol. The number of phenols is 1. The standard InChI is InChI=1S/C32H36INO9/c1-4-18(12-19-13-24(33)29(37)26(14-19)41-2)10-11-25(36)27-20(17-43-21-8-6-5-7-9-21)15-22-28(23(27)16-35)31(39)34(30(22)38)32(40)42-3/h5-9,12-14,22-23,25,28,35-37H,4,10-11,15-17H2,1-3H3/b18-12+/t22-,23+,25-,28-/m1/s1. The highest BCUT2D eigenvalue weighted by atomic mass is 127. The maximum absolute atomic E-state index is 13.3. The first-order valence-corrected chi connectivity index (χ1v) is 15.1. The number of carbonyl (C=O) groups is 3. The van der Waals surface area contributed by atoms with Crippen molar-refractivity contribution in [3.05, 3.63) is 68.3 Å². The smallest absolute Gasteiger partial charge is 0.423 e. The fourth-order valence-corrected chi connectivity index (χ4v) is 6.57. The number of carbonyl (C=O) groups excluding carboxylic acids is 3. The van der Waals surface area contributed by atoms with Crippen molar-refractivity contribution >= 4 is 46.6 Å². The molecule has 1 heterocycles. The van der Waals surface area contributed by atoms with Crippen molar-refractivity contribution in [2.75, 3.05) is 27.4 Å². The van der Waals surface area contributed by atoms with Gasteiger partial charge in [0, 0.05) is 5.92 Å². The summed E-state index contributed by atoms with van der Waals surface area (Å²) in [5, 5.41) is 32.3. The average Bonchev–Trinajstić information content (AvgIpc) is 3.27. The van der Waals surface area contributed by atoms with E-state index in [0.29, 0.717) is 44.0 Å². The molecule has 0 spiro atoms. The van der Waals surface area contributed by atoms with Crippen LogP contribution in [0.3, 0.4) is 0 Å². The molecule has 4 atom stereocenters. The lowest BCUT2D eigenvalue weighted by atomic mass is 9.68. The minimum atomic E-state index is -1.07. The van der Waals surface area contributed by atoms with Crippen LogP contribution >= 0.6 is 22.6 Å². The number of aliphatic hydroxyl groups excluding tert-OH is 2. The van der Waals surface area contributed by atoms with Gasteiger partial charge in [-0.2, -0.15) is 4.90 Å². The van der Waals surface area contributed by atoms with E-state index in [1.54, 1.807) is 18.2 Å². The molecule has 1 aliphatic heterocycles. The molecule has 1 aliphatic carbocycles. The van der Waals surface area contributed by atoms with Gasteiger partial charge in [-0.1, -0.05) is 36.8 Å². The zero-order valence-corrected chi connectivity index (χ0v) is 26.4. The summed E-state index contributed by atoms with van der Waals surface area (Å²) in [6.45, 7) is 1.54. The third-order valence-electron chi connectivity index (χ3n) is 8.09. The van der Waals surface area contributed by atoms with E-state index >= 15 is 0 Å². The predicted octanol–water partition coefficient (Wildman–Crippen LogP) is 4.70. The number of halogens is 1. The Morgan fingerprint density at radius 2 is 1.88 bits per heavy atom. The van der Waals surface area contributed by atoms with E-state index in [9.17, 15) is 29.7 Å². The second-order valence-corrected chi connectivity index (χ2v) is 11.7. The second kappa shape index (κ2) is 14.4. The number of imide groups is 3. The summed E-state index contributed by atoms with van der Waals surface area (Å²) < 4.78 is 16.6. The first-order valence-electron chi connectivity index (χ1n) is 14.0. The van der Waals surface area contributed by atoms with Gasteiger partial charge >= 0.3 is 6.09 Å². The molecular formula is C32H36INO9. The molecule has 1 fully saturated rings. The summed E-state index contributed by atoms with van der Waals surface area (Å²) in [5.74, 6) is -3.16. The number of benzene rings is 2. The molecule has 10 nitrogen and oxygen atoms in total. The fourth-order valence-electron chi connectivity index (χ4n) is 5.95. The van der Waals surface area contributed by atoms with E-state index in [4.69, 9.17) is 9.47 Å². The molecular weight excluding hydrogens is 669 g/mol. The number of ether oxygens (including phenoxy) is 3. The van der Waals surface area contributed by atoms with Crippen molar-refractivity contribution in [2.24, 2.45) is 17.8 Å². The van der Waals surface area contributed by atoms with E-state index in [-0.39, 0.29) is 25.2 Å². The number of fused-ring (bicyclic) bond motifs is 1. The summed E-state index contributed by atoms with van der Waals surface area (Å²) in [5.41, 5.74) is 2.95. The Kier molecular flexibility index (Phi) is 10.9. The van der Waals surface area contributed by atoms with E-state index in [1.807, 2.05) is 59.9 Å². The topological polar surface area (TPSA) is 143 Å². The molecule has 0 radical (unpaired) electrons. The Balaban J connectivity index is 1.64. The van der Waals surface area contributed by atoms with Gasteiger partial charge in [-0.25, -0.2) is 4.79 Å². The Morgan fingerprint density at radius 3 is 2.51 bits per heavy atom. The number of hydrogen-bond acceptors (Lipinski definition) is 9. The van der Waals surface area contributed by atoms with Gasteiger partial charge < -0.3 is 29.5 Å². The van der Waals surface area contributed by atoms with E-state index in [0.717, 1.165) is 18.2 Å². The van der Waals surface area contributed by atoms with Gasteiger partial charge in [-0.15, -0.1) is 0 Å². The molecule has 2 aromatic rings. The molecule has 0 aromatic heterocycles. The summed E-state index contributed by atoms with van der Waals surface area (Å²) in [6.07, 6.45) is 1.45. The van der Waals surface area contributed by atoms with Crippen molar-refractivity contribution < 1.29 is 43.9 Å². The van der Waals surface area contributed by atoms with Crippen LogP contribution in [0.5, 0.6) is 17.2 Å². The van der Waals surface area contributed by atoms with E-state index in [2.05, 4.69) is 4.74 Å². The average molecular weight is 706 g/mol. The SMILES string of the molecule is CC/C(=C\c1cc(I)c(O)c(OC)c1)CC[C@@H](O)C1=C(COc2ccccc2)C[C@H]2C(=O)N(C(=O)OC)C(=O)[C@H]2[C@H]1CO. The number of rotatable bonds is 11. The summed E-state index contributed by atoms with van der Waals surface area (Å²) in [4.78, 5) is 39.3. The fraction of sp³-hybridized carbons (Fsp3) is 0.406. The Hall–Kier alpha value is -3.42. The van der Waals surface area contributed by atoms with Crippen LogP contribution in [0, 0.1) is 21.3 Å². The van der Waals surface area contributed by atoms with Crippen molar-refractivity contribution in [3.63, 3.8) is 0 Å². The molecule has 43 heavy (non-hydrogen) atoms. The highest BCUT2D eigenvalue weighted by Crippen LogP contribution is 2.46. The molecule has 4 rings (SSSR count). The van der Waals surface area contributed by atoms with Crippen LogP contribution in [0.4, 0.5) is 4.79 Å². The monoisotopic (exact) mass is 705 g/mol. The van der Waals surface area contributed by atoms with Gasteiger partial charge in [0.1, 0.15) is 12.4 Å². The minimum Gasteiger partial charge on any atom is -0.504 e.